The minimum Gasteiger partial charge on any atom is -0.394 e. The fraction of sp³-hybridized carbons (Fsp3) is 0.524. The molecule has 1 unspecified atom stereocenters. The fourth-order valence-corrected chi connectivity index (χ4v) is 4.93. The Hall–Kier alpha value is -1.74. The summed E-state index contributed by atoms with van der Waals surface area (Å²) in [4.78, 5) is 15.9. The molecule has 1 aliphatic heterocycles. The van der Waals surface area contributed by atoms with Crippen molar-refractivity contribution in [3.05, 3.63) is 41.0 Å². The van der Waals surface area contributed by atoms with Crippen LogP contribution in [0.1, 0.15) is 30.9 Å². The maximum Gasteiger partial charge on any atom is 0.320 e. The van der Waals surface area contributed by atoms with Crippen LogP contribution in [0.5, 0.6) is 0 Å². The van der Waals surface area contributed by atoms with Crippen molar-refractivity contribution in [1.82, 2.24) is 20.0 Å². The van der Waals surface area contributed by atoms with E-state index in [4.69, 9.17) is 11.6 Å². The maximum absolute atomic E-state index is 12.3. The van der Waals surface area contributed by atoms with Crippen LogP contribution in [0, 0.1) is 0 Å². The molecule has 2 heterocycles. The lowest BCUT2D eigenvalue weighted by Crippen LogP contribution is -2.51. The quantitative estimate of drug-likeness (QED) is 0.547. The summed E-state index contributed by atoms with van der Waals surface area (Å²) in [6, 6.07) is 9.29. The topological polar surface area (TPSA) is 82.4 Å². The van der Waals surface area contributed by atoms with E-state index in [9.17, 15) is 9.90 Å². The van der Waals surface area contributed by atoms with E-state index in [2.05, 4.69) is 32.8 Å². The van der Waals surface area contributed by atoms with Gasteiger partial charge in [0.15, 0.2) is 0 Å². The summed E-state index contributed by atoms with van der Waals surface area (Å²) in [5, 5.41) is 21.2. The average Bonchev–Trinajstić information content (AvgIpc) is 3.48. The number of hydrogen-bond donors (Lipinski definition) is 3. The van der Waals surface area contributed by atoms with E-state index in [1.54, 1.807) is 4.68 Å². The van der Waals surface area contributed by atoms with Crippen LogP contribution in [0.2, 0.25) is 5.02 Å². The Balaban J connectivity index is 1.16. The molecule has 2 amide bonds. The first-order chi connectivity index (χ1) is 14.5. The number of amides is 2. The molecular weight excluding hydrogens is 422 g/mol. The summed E-state index contributed by atoms with van der Waals surface area (Å²) in [7, 11) is 1.83. The first-order valence-electron chi connectivity index (χ1n) is 10.4. The summed E-state index contributed by atoms with van der Waals surface area (Å²) in [6.45, 7) is 2.79. The van der Waals surface area contributed by atoms with Crippen molar-refractivity contribution in [2.45, 2.75) is 41.4 Å². The van der Waals surface area contributed by atoms with Crippen molar-refractivity contribution in [2.24, 2.45) is 7.05 Å². The van der Waals surface area contributed by atoms with Crippen LogP contribution >= 0.6 is 23.4 Å². The normalized spacial score (nSPS) is 18.1. The van der Waals surface area contributed by atoms with Crippen LogP contribution in [-0.4, -0.2) is 63.4 Å². The second-order valence-electron chi connectivity index (χ2n) is 8.07. The molecule has 0 radical (unpaired) electrons. The molecule has 2 fully saturated rings. The SMILES string of the molecule is Cn1nc(C2CC2)cc1NC(=O)NC(CO)CCN1CC(Sc2ccc(Cl)cc2)C1. The Morgan fingerprint density at radius 2 is 2.07 bits per heavy atom. The van der Waals surface area contributed by atoms with Gasteiger partial charge in [-0.05, 0) is 43.5 Å². The molecule has 0 bridgehead atoms. The summed E-state index contributed by atoms with van der Waals surface area (Å²) < 4.78 is 1.69. The molecule has 162 valence electrons. The van der Waals surface area contributed by atoms with Crippen molar-refractivity contribution in [3.8, 4) is 0 Å². The smallest absolute Gasteiger partial charge is 0.320 e. The molecule has 7 nitrogen and oxygen atoms in total. The van der Waals surface area contributed by atoms with Gasteiger partial charge in [0.1, 0.15) is 5.82 Å². The van der Waals surface area contributed by atoms with Crippen molar-refractivity contribution in [2.75, 3.05) is 31.6 Å². The Morgan fingerprint density at radius 1 is 1.33 bits per heavy atom. The number of urea groups is 1. The molecule has 4 rings (SSSR count). The van der Waals surface area contributed by atoms with Gasteiger partial charge in [-0.3, -0.25) is 10.00 Å². The Bertz CT molecular complexity index is 865. The van der Waals surface area contributed by atoms with Crippen molar-refractivity contribution in [3.63, 3.8) is 0 Å². The molecular formula is C21H28ClN5O2S. The summed E-state index contributed by atoms with van der Waals surface area (Å²) in [5.41, 5.74) is 1.04. The number of benzene rings is 1. The number of hydrogen-bond acceptors (Lipinski definition) is 5. The van der Waals surface area contributed by atoms with Gasteiger partial charge in [-0.25, -0.2) is 4.79 Å². The highest BCUT2D eigenvalue weighted by atomic mass is 35.5. The molecule has 9 heteroatoms. The van der Waals surface area contributed by atoms with Crippen LogP contribution < -0.4 is 10.6 Å². The minimum atomic E-state index is -0.306. The first-order valence-corrected chi connectivity index (χ1v) is 11.6. The second-order valence-corrected chi connectivity index (χ2v) is 9.88. The Labute approximate surface area is 186 Å². The van der Waals surface area contributed by atoms with E-state index in [1.807, 2.05) is 37.0 Å². The van der Waals surface area contributed by atoms with E-state index in [1.165, 1.54) is 17.7 Å². The van der Waals surface area contributed by atoms with Gasteiger partial charge >= 0.3 is 6.03 Å². The van der Waals surface area contributed by atoms with Crippen LogP contribution in [-0.2, 0) is 7.05 Å². The second kappa shape index (κ2) is 9.60. The molecule has 1 atom stereocenters. The number of aliphatic hydroxyl groups excluding tert-OH is 1. The van der Waals surface area contributed by atoms with E-state index < -0.39 is 0 Å². The first kappa shape index (κ1) is 21.5. The van der Waals surface area contributed by atoms with Crippen LogP contribution in [0.3, 0.4) is 0 Å². The van der Waals surface area contributed by atoms with E-state index in [0.29, 0.717) is 23.4 Å². The number of nitrogens with zero attached hydrogens (tertiary/aromatic N) is 3. The third-order valence-corrected chi connectivity index (χ3v) is 6.95. The number of nitrogens with one attached hydrogen (secondary N) is 2. The van der Waals surface area contributed by atoms with E-state index in [0.717, 1.165) is 30.4 Å². The zero-order valence-electron chi connectivity index (χ0n) is 17.1. The number of likely N-dealkylation sites (tertiary alicyclic amines) is 1. The lowest BCUT2D eigenvalue weighted by atomic mass is 10.1. The summed E-state index contributed by atoms with van der Waals surface area (Å²) in [5.74, 6) is 1.22. The third-order valence-electron chi connectivity index (χ3n) is 5.53. The highest BCUT2D eigenvalue weighted by Crippen LogP contribution is 2.39. The maximum atomic E-state index is 12.3. The molecule has 3 N–H and O–H groups in total. The van der Waals surface area contributed by atoms with Crippen LogP contribution in [0.4, 0.5) is 10.6 Å². The molecule has 1 saturated carbocycles. The fourth-order valence-electron chi connectivity index (χ4n) is 3.56. The van der Waals surface area contributed by atoms with Crippen LogP contribution in [0.15, 0.2) is 35.2 Å². The number of aryl methyl sites for hydroxylation is 1. The zero-order valence-corrected chi connectivity index (χ0v) is 18.6. The predicted octanol–water partition coefficient (Wildman–Crippen LogP) is 3.30. The van der Waals surface area contributed by atoms with Gasteiger partial charge in [0.05, 0.1) is 18.3 Å². The number of aliphatic hydroxyl groups is 1. The van der Waals surface area contributed by atoms with Crippen molar-refractivity contribution < 1.29 is 9.90 Å². The van der Waals surface area contributed by atoms with E-state index in [-0.39, 0.29) is 18.7 Å². The highest BCUT2D eigenvalue weighted by molar-refractivity contribution is 8.00. The lowest BCUT2D eigenvalue weighted by Gasteiger charge is -2.39. The molecule has 0 spiro atoms. The van der Waals surface area contributed by atoms with Gasteiger partial charge in [0.2, 0.25) is 0 Å². The monoisotopic (exact) mass is 449 g/mol. The number of carbonyl (C=O) groups is 1. The molecule has 2 aromatic rings. The summed E-state index contributed by atoms with van der Waals surface area (Å²) in [6.07, 6.45) is 3.05. The number of thioether (sulfide) groups is 1. The standard InChI is InChI=1S/C21H28ClN5O2S/c1-26-20(10-19(25-26)14-2-3-14)24-21(29)23-16(13-28)8-9-27-11-18(12-27)30-17-6-4-15(22)5-7-17/h4-7,10,14,16,18,28H,2-3,8-9,11-13H2,1H3,(H2,23,24,29). The van der Waals surface area contributed by atoms with Gasteiger partial charge in [0.25, 0.3) is 0 Å². The van der Waals surface area contributed by atoms with Gasteiger partial charge in [-0.15, -0.1) is 11.8 Å². The van der Waals surface area contributed by atoms with Gasteiger partial charge in [0, 0.05) is 53.8 Å². The summed E-state index contributed by atoms with van der Waals surface area (Å²) >= 11 is 7.80. The molecule has 1 saturated heterocycles. The number of halogens is 1. The largest absolute Gasteiger partial charge is 0.394 e. The van der Waals surface area contributed by atoms with Gasteiger partial charge in [-0.2, -0.15) is 5.10 Å². The molecule has 1 aromatic carbocycles. The van der Waals surface area contributed by atoms with Gasteiger partial charge in [-0.1, -0.05) is 11.6 Å². The minimum absolute atomic E-state index is 0.0804. The number of carbonyl (C=O) groups excluding carboxylic acids is 1. The van der Waals surface area contributed by atoms with Gasteiger partial charge < -0.3 is 15.3 Å². The molecule has 2 aliphatic rings. The zero-order chi connectivity index (χ0) is 21.1. The Morgan fingerprint density at radius 3 is 2.73 bits per heavy atom. The number of aromatic nitrogens is 2. The van der Waals surface area contributed by atoms with Crippen molar-refractivity contribution >= 4 is 35.2 Å². The predicted molar refractivity (Wildman–Crippen MR) is 120 cm³/mol. The molecule has 1 aliphatic carbocycles. The highest BCUT2D eigenvalue weighted by Gasteiger charge is 2.29. The lowest BCUT2D eigenvalue weighted by molar-refractivity contribution is 0.164. The van der Waals surface area contributed by atoms with Crippen LogP contribution in [0.25, 0.3) is 0 Å². The Kier molecular flexibility index (Phi) is 6.87. The number of anilines is 1. The third kappa shape index (κ3) is 5.69. The van der Waals surface area contributed by atoms with Crippen molar-refractivity contribution in [1.29, 1.82) is 0 Å². The number of rotatable bonds is 9. The van der Waals surface area contributed by atoms with E-state index >= 15 is 0 Å². The average molecular weight is 450 g/mol. The molecule has 30 heavy (non-hydrogen) atoms. The molecule has 1 aromatic heterocycles.